The number of carbonyl (C=O) groups excluding carboxylic acids is 5. The molecule has 34 heavy (non-hydrogen) atoms. The Labute approximate surface area is 203 Å². The number of nitrogens with one attached hydrogen (secondary N) is 3. The van der Waals surface area contributed by atoms with Crippen LogP contribution in [0, 0.1) is 5.92 Å². The van der Waals surface area contributed by atoms with Crippen LogP contribution in [-0.4, -0.2) is 70.8 Å². The number of primary amides is 1. The van der Waals surface area contributed by atoms with Crippen LogP contribution in [-0.2, 0) is 24.0 Å². The Morgan fingerprint density at radius 3 is 2.29 bits per heavy atom. The molecule has 0 aromatic heterocycles. The van der Waals surface area contributed by atoms with Gasteiger partial charge in [-0.15, -0.1) is 12.6 Å². The van der Waals surface area contributed by atoms with E-state index in [1.165, 1.54) is 6.08 Å². The van der Waals surface area contributed by atoms with Gasteiger partial charge in [0.15, 0.2) is 0 Å². The maximum atomic E-state index is 12.6. The number of aliphatic carboxylic acids is 1. The van der Waals surface area contributed by atoms with Gasteiger partial charge in [-0.2, -0.15) is 0 Å². The van der Waals surface area contributed by atoms with Crippen molar-refractivity contribution in [1.82, 2.24) is 20.9 Å². The fourth-order valence-corrected chi connectivity index (χ4v) is 3.49. The van der Waals surface area contributed by atoms with Crippen molar-refractivity contribution >= 4 is 48.3 Å². The van der Waals surface area contributed by atoms with E-state index in [4.69, 9.17) is 5.73 Å². The van der Waals surface area contributed by atoms with E-state index < -0.39 is 41.8 Å². The first-order valence-corrected chi connectivity index (χ1v) is 11.5. The van der Waals surface area contributed by atoms with E-state index in [0.717, 1.165) is 4.90 Å². The second kappa shape index (κ2) is 14.2. The summed E-state index contributed by atoms with van der Waals surface area (Å²) in [6.07, 6.45) is 3.27. The molecule has 190 valence electrons. The minimum absolute atomic E-state index is 0.0758. The zero-order chi connectivity index (χ0) is 25.8. The van der Waals surface area contributed by atoms with E-state index in [-0.39, 0.29) is 42.7 Å². The number of amides is 6. The van der Waals surface area contributed by atoms with Crippen LogP contribution in [0.5, 0.6) is 0 Å². The van der Waals surface area contributed by atoms with E-state index in [0.29, 0.717) is 25.7 Å². The second-order valence-electron chi connectivity index (χ2n) is 8.26. The fourth-order valence-electron chi connectivity index (χ4n) is 3.26. The number of carboxylic acid groups (broad SMARTS) is 1. The van der Waals surface area contributed by atoms with Crippen LogP contribution in [0.4, 0.5) is 4.79 Å². The van der Waals surface area contributed by atoms with Crippen molar-refractivity contribution in [3.63, 3.8) is 0 Å². The molecule has 6 amide bonds. The van der Waals surface area contributed by atoms with Crippen LogP contribution >= 0.6 is 12.6 Å². The first-order chi connectivity index (χ1) is 15.9. The summed E-state index contributed by atoms with van der Waals surface area (Å²) in [5, 5.41) is 16.8. The second-order valence-corrected chi connectivity index (χ2v) is 8.74. The van der Waals surface area contributed by atoms with Gasteiger partial charge in [-0.3, -0.25) is 24.1 Å². The minimum atomic E-state index is -1.23. The summed E-state index contributed by atoms with van der Waals surface area (Å²) in [6.45, 7) is 3.86. The lowest BCUT2D eigenvalue weighted by atomic mass is 10.0. The van der Waals surface area contributed by atoms with Crippen LogP contribution in [0.1, 0.15) is 52.4 Å². The monoisotopic (exact) mass is 499 g/mol. The third-order valence-corrected chi connectivity index (χ3v) is 5.45. The number of nitrogens with two attached hydrogens (primary N) is 1. The Bertz CT molecular complexity index is 830. The first kappa shape index (κ1) is 28.9. The Morgan fingerprint density at radius 1 is 1.09 bits per heavy atom. The molecule has 0 saturated carbocycles. The molecule has 6 N–H and O–H groups in total. The topological polar surface area (TPSA) is 188 Å². The van der Waals surface area contributed by atoms with Crippen molar-refractivity contribution < 1.29 is 33.9 Å². The molecular weight excluding hydrogens is 466 g/mol. The first-order valence-electron chi connectivity index (χ1n) is 11.1. The van der Waals surface area contributed by atoms with Crippen LogP contribution in [0.25, 0.3) is 0 Å². The van der Waals surface area contributed by atoms with Crippen LogP contribution in [0.2, 0.25) is 0 Å². The number of carbonyl (C=O) groups is 6. The average Bonchev–Trinajstić information content (AvgIpc) is 2.98. The third-order valence-electron chi connectivity index (χ3n) is 5.13. The zero-order valence-electron chi connectivity index (χ0n) is 19.3. The van der Waals surface area contributed by atoms with Gasteiger partial charge in [-0.05, 0) is 31.6 Å². The van der Waals surface area contributed by atoms with Gasteiger partial charge in [-0.1, -0.05) is 20.3 Å². The van der Waals surface area contributed by atoms with Crippen molar-refractivity contribution in [2.24, 2.45) is 11.7 Å². The largest absolute Gasteiger partial charge is 0.480 e. The number of thiol groups is 1. The molecule has 0 saturated heterocycles. The SMILES string of the molecule is CC(C)[C@H](NC(=O)CCCCCN1C(=O)C=C(S)C1=O)C(=O)N[C@@H](CCCNC(N)=O)C(=O)O. The molecule has 12 nitrogen and oxygen atoms in total. The molecule has 13 heteroatoms. The summed E-state index contributed by atoms with van der Waals surface area (Å²) in [5.74, 6) is -3.32. The van der Waals surface area contributed by atoms with Gasteiger partial charge in [0, 0.05) is 25.6 Å². The molecule has 1 aliphatic heterocycles. The van der Waals surface area contributed by atoms with E-state index in [1.54, 1.807) is 13.8 Å². The predicted molar refractivity (Wildman–Crippen MR) is 125 cm³/mol. The maximum Gasteiger partial charge on any atom is 0.326 e. The smallest absolute Gasteiger partial charge is 0.326 e. The lowest BCUT2D eigenvalue weighted by molar-refractivity contribution is -0.142. The molecule has 0 unspecified atom stereocenters. The van der Waals surface area contributed by atoms with Crippen molar-refractivity contribution in [3.8, 4) is 0 Å². The van der Waals surface area contributed by atoms with E-state index in [9.17, 15) is 33.9 Å². The van der Waals surface area contributed by atoms with E-state index in [2.05, 4.69) is 28.6 Å². The number of rotatable bonds is 15. The van der Waals surface area contributed by atoms with Crippen molar-refractivity contribution in [3.05, 3.63) is 11.0 Å². The van der Waals surface area contributed by atoms with Gasteiger partial charge in [0.2, 0.25) is 11.8 Å². The van der Waals surface area contributed by atoms with Gasteiger partial charge in [0.05, 0.1) is 4.91 Å². The number of hydrogen-bond acceptors (Lipinski definition) is 7. The minimum Gasteiger partial charge on any atom is -0.480 e. The molecule has 0 radical (unpaired) electrons. The van der Waals surface area contributed by atoms with Gasteiger partial charge in [0.1, 0.15) is 12.1 Å². The third kappa shape index (κ3) is 9.81. The molecule has 0 fully saturated rings. The summed E-state index contributed by atoms with van der Waals surface area (Å²) in [7, 11) is 0. The number of unbranched alkanes of at least 4 members (excludes halogenated alkanes) is 2. The van der Waals surface area contributed by atoms with Crippen LogP contribution in [0.3, 0.4) is 0 Å². The van der Waals surface area contributed by atoms with Crippen molar-refractivity contribution in [1.29, 1.82) is 0 Å². The van der Waals surface area contributed by atoms with E-state index >= 15 is 0 Å². The number of hydrogen-bond donors (Lipinski definition) is 6. The molecule has 0 bridgehead atoms. The summed E-state index contributed by atoms with van der Waals surface area (Å²) >= 11 is 3.93. The lowest BCUT2D eigenvalue weighted by Crippen LogP contribution is -2.53. The highest BCUT2D eigenvalue weighted by Crippen LogP contribution is 2.16. The molecular formula is C21H33N5O7S. The molecule has 0 aromatic rings. The number of nitrogens with zero attached hydrogens (tertiary/aromatic N) is 1. The van der Waals surface area contributed by atoms with E-state index in [1.807, 2.05) is 0 Å². The molecule has 1 aliphatic rings. The summed E-state index contributed by atoms with van der Waals surface area (Å²) in [4.78, 5) is 71.7. The molecule has 0 aromatic carbocycles. The molecule has 2 atom stereocenters. The van der Waals surface area contributed by atoms with Crippen molar-refractivity contribution in [2.75, 3.05) is 13.1 Å². The Balaban J connectivity index is 2.44. The number of carboxylic acids is 1. The van der Waals surface area contributed by atoms with Crippen LogP contribution < -0.4 is 21.7 Å². The highest BCUT2D eigenvalue weighted by molar-refractivity contribution is 7.85. The highest BCUT2D eigenvalue weighted by Gasteiger charge is 2.29. The average molecular weight is 500 g/mol. The van der Waals surface area contributed by atoms with Gasteiger partial charge in [0.25, 0.3) is 11.8 Å². The summed E-state index contributed by atoms with van der Waals surface area (Å²) in [5.41, 5.74) is 4.95. The quantitative estimate of drug-likeness (QED) is 0.103. The Hall–Kier alpha value is -3.09. The summed E-state index contributed by atoms with van der Waals surface area (Å²) < 4.78 is 0. The Morgan fingerprint density at radius 2 is 1.76 bits per heavy atom. The van der Waals surface area contributed by atoms with Crippen LogP contribution in [0.15, 0.2) is 11.0 Å². The molecule has 0 spiro atoms. The van der Waals surface area contributed by atoms with Gasteiger partial charge < -0.3 is 26.8 Å². The molecule has 1 heterocycles. The maximum absolute atomic E-state index is 12.6. The number of urea groups is 1. The lowest BCUT2D eigenvalue weighted by Gasteiger charge is -2.24. The van der Waals surface area contributed by atoms with Crippen molar-refractivity contribution in [2.45, 2.75) is 64.5 Å². The number of imide groups is 1. The fraction of sp³-hybridized carbons (Fsp3) is 0.619. The normalized spacial score (nSPS) is 15.1. The van der Waals surface area contributed by atoms with Gasteiger partial charge >= 0.3 is 12.0 Å². The highest BCUT2D eigenvalue weighted by atomic mass is 32.1. The summed E-state index contributed by atoms with van der Waals surface area (Å²) in [6, 6.07) is -2.82. The van der Waals surface area contributed by atoms with Gasteiger partial charge in [-0.25, -0.2) is 9.59 Å². The predicted octanol–water partition coefficient (Wildman–Crippen LogP) is -0.112. The zero-order valence-corrected chi connectivity index (χ0v) is 20.2. The Kier molecular flexibility index (Phi) is 12.1. The molecule has 0 aliphatic carbocycles. The standard InChI is InChI=1S/C21H33N5O7S/c1-12(2)17(18(29)24-13(20(31)32)7-6-9-23-21(22)33)25-15(27)8-4-3-5-10-26-16(28)11-14(34)19(26)30/h11-13,17,34H,3-10H2,1-2H3,(H,24,29)(H,25,27)(H,31,32)(H3,22,23,33)/t13-,17-/m0/s1. The molecule has 1 rings (SSSR count).